The van der Waals surface area contributed by atoms with Crippen LogP contribution in [0, 0.1) is 0 Å². The minimum Gasteiger partial charge on any atom is -0.398 e. The second kappa shape index (κ2) is 3.52. The molecule has 0 atom stereocenters. The molecular weight excluding hydrogens is 216 g/mol. The van der Waals surface area contributed by atoms with E-state index in [0.29, 0.717) is 16.4 Å². The molecule has 4 heteroatoms. The van der Waals surface area contributed by atoms with Gasteiger partial charge in [0.25, 0.3) is 0 Å². The van der Waals surface area contributed by atoms with Gasteiger partial charge in [0.05, 0.1) is 10.7 Å². The first-order chi connectivity index (χ1) is 6.68. The Labute approximate surface area is 91.1 Å². The highest BCUT2D eigenvalue weighted by Gasteiger charge is 2.06. The summed E-state index contributed by atoms with van der Waals surface area (Å²) in [6.07, 6.45) is 0. The van der Waals surface area contributed by atoms with Crippen LogP contribution >= 0.6 is 22.9 Å². The molecule has 0 bridgehead atoms. The fraction of sp³-hybridized carbons (Fsp3) is 0. The molecule has 4 N–H and O–H groups in total. The van der Waals surface area contributed by atoms with Crippen LogP contribution in [-0.4, -0.2) is 0 Å². The van der Waals surface area contributed by atoms with Crippen LogP contribution in [0.4, 0.5) is 11.4 Å². The summed E-state index contributed by atoms with van der Waals surface area (Å²) in [5, 5.41) is 2.50. The van der Waals surface area contributed by atoms with Crippen molar-refractivity contribution in [2.24, 2.45) is 0 Å². The topological polar surface area (TPSA) is 52.0 Å². The van der Waals surface area contributed by atoms with Gasteiger partial charge in [-0.1, -0.05) is 17.7 Å². The summed E-state index contributed by atoms with van der Waals surface area (Å²) in [6.45, 7) is 0. The molecule has 0 aliphatic heterocycles. The van der Waals surface area contributed by atoms with Crippen molar-refractivity contribution < 1.29 is 0 Å². The van der Waals surface area contributed by atoms with Crippen LogP contribution in [0.2, 0.25) is 5.02 Å². The van der Waals surface area contributed by atoms with E-state index in [2.05, 4.69) is 0 Å². The van der Waals surface area contributed by atoms with Crippen LogP contribution in [0.15, 0.2) is 29.6 Å². The van der Waals surface area contributed by atoms with E-state index in [-0.39, 0.29) is 0 Å². The normalized spacial score (nSPS) is 10.4. The fourth-order valence-electron chi connectivity index (χ4n) is 1.25. The maximum absolute atomic E-state index is 5.85. The predicted octanol–water partition coefficient (Wildman–Crippen LogP) is 3.23. The first-order valence-corrected chi connectivity index (χ1v) is 5.32. The smallest absolute Gasteiger partial charge is 0.0656 e. The van der Waals surface area contributed by atoms with E-state index in [0.717, 1.165) is 10.4 Å². The van der Waals surface area contributed by atoms with Crippen LogP contribution in [0.1, 0.15) is 0 Å². The third kappa shape index (κ3) is 1.56. The lowest BCUT2D eigenvalue weighted by Gasteiger charge is -2.06. The molecule has 0 amide bonds. The lowest BCUT2D eigenvalue weighted by molar-refractivity contribution is 1.66. The van der Waals surface area contributed by atoms with Crippen molar-refractivity contribution in [3.05, 3.63) is 34.7 Å². The van der Waals surface area contributed by atoms with Crippen molar-refractivity contribution >= 4 is 34.3 Å². The van der Waals surface area contributed by atoms with E-state index in [4.69, 9.17) is 23.1 Å². The number of halogens is 1. The van der Waals surface area contributed by atoms with Gasteiger partial charge in [0.15, 0.2) is 0 Å². The molecule has 1 aromatic heterocycles. The SMILES string of the molecule is Nc1cc(-c2cccs2)c(N)cc1Cl. The third-order valence-corrected chi connectivity index (χ3v) is 3.19. The van der Waals surface area contributed by atoms with Gasteiger partial charge in [-0.25, -0.2) is 0 Å². The Kier molecular flexibility index (Phi) is 2.35. The maximum atomic E-state index is 5.85. The summed E-state index contributed by atoms with van der Waals surface area (Å²) in [5.41, 5.74) is 13.7. The average molecular weight is 225 g/mol. The summed E-state index contributed by atoms with van der Waals surface area (Å²) in [5.74, 6) is 0. The lowest BCUT2D eigenvalue weighted by atomic mass is 10.1. The largest absolute Gasteiger partial charge is 0.398 e. The molecule has 2 rings (SSSR count). The van der Waals surface area contributed by atoms with Crippen molar-refractivity contribution in [1.82, 2.24) is 0 Å². The summed E-state index contributed by atoms with van der Waals surface area (Å²) in [6, 6.07) is 7.48. The minimum atomic E-state index is 0.503. The molecule has 0 fully saturated rings. The monoisotopic (exact) mass is 224 g/mol. The molecule has 0 saturated heterocycles. The van der Waals surface area contributed by atoms with E-state index in [9.17, 15) is 0 Å². The first kappa shape index (κ1) is 9.37. The van der Waals surface area contributed by atoms with E-state index in [1.807, 2.05) is 23.6 Å². The molecule has 1 heterocycles. The van der Waals surface area contributed by atoms with E-state index in [1.165, 1.54) is 0 Å². The van der Waals surface area contributed by atoms with Crippen LogP contribution in [0.5, 0.6) is 0 Å². The van der Waals surface area contributed by atoms with Gasteiger partial charge >= 0.3 is 0 Å². The summed E-state index contributed by atoms with van der Waals surface area (Å²) in [7, 11) is 0. The van der Waals surface area contributed by atoms with Gasteiger partial charge in [-0.3, -0.25) is 0 Å². The van der Waals surface area contributed by atoms with E-state index >= 15 is 0 Å². The number of nitrogens with two attached hydrogens (primary N) is 2. The zero-order chi connectivity index (χ0) is 10.1. The van der Waals surface area contributed by atoms with Crippen LogP contribution in [0.3, 0.4) is 0 Å². The molecule has 0 saturated carbocycles. The predicted molar refractivity (Wildman–Crippen MR) is 63.6 cm³/mol. The molecule has 72 valence electrons. The third-order valence-electron chi connectivity index (χ3n) is 1.96. The van der Waals surface area contributed by atoms with Crippen molar-refractivity contribution in [2.45, 2.75) is 0 Å². The minimum absolute atomic E-state index is 0.503. The first-order valence-electron chi connectivity index (χ1n) is 4.07. The fourth-order valence-corrected chi connectivity index (χ4v) is 2.19. The van der Waals surface area contributed by atoms with Gasteiger partial charge in [-0.05, 0) is 23.6 Å². The number of rotatable bonds is 1. The van der Waals surface area contributed by atoms with Crippen LogP contribution < -0.4 is 11.5 Å². The van der Waals surface area contributed by atoms with Gasteiger partial charge in [0.2, 0.25) is 0 Å². The average Bonchev–Trinajstić information content (AvgIpc) is 2.64. The molecule has 0 radical (unpaired) electrons. The van der Waals surface area contributed by atoms with Crippen molar-refractivity contribution in [3.8, 4) is 10.4 Å². The zero-order valence-corrected chi connectivity index (χ0v) is 8.90. The maximum Gasteiger partial charge on any atom is 0.0656 e. The Morgan fingerprint density at radius 3 is 2.57 bits per heavy atom. The standard InChI is InChI=1S/C10H9ClN2S/c11-7-5-8(12)6(4-9(7)13)10-2-1-3-14-10/h1-5H,12-13H2. The van der Waals surface area contributed by atoms with Crippen molar-refractivity contribution in [1.29, 1.82) is 0 Å². The molecule has 0 aliphatic carbocycles. The molecule has 2 nitrogen and oxygen atoms in total. The Bertz CT molecular complexity index is 451. The highest BCUT2D eigenvalue weighted by atomic mass is 35.5. The summed E-state index contributed by atoms with van der Waals surface area (Å²) < 4.78 is 0. The zero-order valence-electron chi connectivity index (χ0n) is 7.33. The quantitative estimate of drug-likeness (QED) is 0.731. The molecule has 14 heavy (non-hydrogen) atoms. The molecule has 0 unspecified atom stereocenters. The number of benzene rings is 1. The number of anilines is 2. The molecule has 2 aromatic rings. The Hall–Kier alpha value is -1.19. The second-order valence-electron chi connectivity index (χ2n) is 2.94. The highest BCUT2D eigenvalue weighted by Crippen LogP contribution is 2.34. The number of hydrogen-bond acceptors (Lipinski definition) is 3. The molecule has 0 spiro atoms. The Morgan fingerprint density at radius 1 is 1.14 bits per heavy atom. The van der Waals surface area contributed by atoms with Gasteiger partial charge < -0.3 is 11.5 Å². The molecule has 1 aromatic carbocycles. The number of nitrogen functional groups attached to an aromatic ring is 2. The van der Waals surface area contributed by atoms with Gasteiger partial charge in [-0.15, -0.1) is 11.3 Å². The van der Waals surface area contributed by atoms with Gasteiger partial charge in [0.1, 0.15) is 0 Å². The van der Waals surface area contributed by atoms with E-state index < -0.39 is 0 Å². The van der Waals surface area contributed by atoms with Crippen molar-refractivity contribution in [2.75, 3.05) is 11.5 Å². The summed E-state index contributed by atoms with van der Waals surface area (Å²) in [4.78, 5) is 1.10. The Morgan fingerprint density at radius 2 is 1.93 bits per heavy atom. The molecule has 0 aliphatic rings. The number of thiophene rings is 1. The van der Waals surface area contributed by atoms with Crippen molar-refractivity contribution in [3.63, 3.8) is 0 Å². The van der Waals surface area contributed by atoms with E-state index in [1.54, 1.807) is 17.4 Å². The number of hydrogen-bond donors (Lipinski definition) is 2. The summed E-state index contributed by atoms with van der Waals surface area (Å²) >= 11 is 7.47. The van der Waals surface area contributed by atoms with Crippen LogP contribution in [-0.2, 0) is 0 Å². The Balaban J connectivity index is 2.60. The lowest BCUT2D eigenvalue weighted by Crippen LogP contribution is -1.93. The second-order valence-corrected chi connectivity index (χ2v) is 4.29. The van der Waals surface area contributed by atoms with Gasteiger partial charge in [0, 0.05) is 16.1 Å². The van der Waals surface area contributed by atoms with Crippen LogP contribution in [0.25, 0.3) is 10.4 Å². The molecular formula is C10H9ClN2S. The highest BCUT2D eigenvalue weighted by molar-refractivity contribution is 7.13. The van der Waals surface area contributed by atoms with Gasteiger partial charge in [-0.2, -0.15) is 0 Å².